The van der Waals surface area contributed by atoms with Gasteiger partial charge in [0.05, 0.1) is 5.25 Å². The fourth-order valence-electron chi connectivity index (χ4n) is 2.22. The Hall–Kier alpha value is -1.16. The molecule has 86 valence electrons. The first-order valence-corrected chi connectivity index (χ1v) is 7.11. The highest BCUT2D eigenvalue weighted by Gasteiger charge is 2.57. The maximum Gasteiger partial charge on any atom is 0.151 e. The number of benzene rings is 1. The van der Waals surface area contributed by atoms with Crippen LogP contribution in [0.2, 0.25) is 0 Å². The van der Waals surface area contributed by atoms with E-state index in [1.807, 2.05) is 31.2 Å². The minimum absolute atomic E-state index is 0.145. The second kappa shape index (κ2) is 3.70. The van der Waals surface area contributed by atoms with E-state index in [9.17, 15) is 13.2 Å². The molecule has 0 heterocycles. The SMILES string of the molecule is Cc1ccc([C@@H]2[C@H](C=O)[C@H]2S(C)(=O)=O)cc1. The van der Waals surface area contributed by atoms with Gasteiger partial charge in [-0.25, -0.2) is 8.42 Å². The minimum atomic E-state index is -3.13. The lowest BCUT2D eigenvalue weighted by Crippen LogP contribution is -2.07. The van der Waals surface area contributed by atoms with Crippen molar-refractivity contribution in [3.63, 3.8) is 0 Å². The van der Waals surface area contributed by atoms with Crippen LogP contribution in [-0.2, 0) is 14.6 Å². The number of hydrogen-bond donors (Lipinski definition) is 0. The normalized spacial score (nSPS) is 28.8. The topological polar surface area (TPSA) is 51.2 Å². The van der Waals surface area contributed by atoms with E-state index in [4.69, 9.17) is 0 Å². The van der Waals surface area contributed by atoms with E-state index in [0.29, 0.717) is 0 Å². The standard InChI is InChI=1S/C12H14O3S/c1-8-3-5-9(6-4-8)11-10(7-13)12(11)16(2,14)15/h3-7,10-12H,1-2H3/t10-,11+,12+/m0/s1. The Balaban J connectivity index is 2.30. The molecule has 16 heavy (non-hydrogen) atoms. The highest BCUT2D eigenvalue weighted by Crippen LogP contribution is 2.50. The molecule has 0 aliphatic heterocycles. The van der Waals surface area contributed by atoms with Crippen LogP contribution in [-0.4, -0.2) is 26.2 Å². The molecule has 0 bridgehead atoms. The van der Waals surface area contributed by atoms with E-state index in [2.05, 4.69) is 0 Å². The lowest BCUT2D eigenvalue weighted by Gasteiger charge is -1.99. The Morgan fingerprint density at radius 1 is 1.19 bits per heavy atom. The van der Waals surface area contributed by atoms with Crippen molar-refractivity contribution >= 4 is 16.1 Å². The molecule has 4 heteroatoms. The summed E-state index contributed by atoms with van der Waals surface area (Å²) < 4.78 is 22.9. The number of carbonyl (C=O) groups excluding carboxylic acids is 1. The summed E-state index contributed by atoms with van der Waals surface area (Å²) >= 11 is 0. The van der Waals surface area contributed by atoms with Crippen LogP contribution in [0.15, 0.2) is 24.3 Å². The fraction of sp³-hybridized carbons (Fsp3) is 0.417. The van der Waals surface area contributed by atoms with Crippen LogP contribution in [0.3, 0.4) is 0 Å². The van der Waals surface area contributed by atoms with Gasteiger partial charge in [0, 0.05) is 18.1 Å². The molecule has 3 atom stereocenters. The highest BCUT2D eigenvalue weighted by molar-refractivity contribution is 7.91. The van der Waals surface area contributed by atoms with Gasteiger partial charge in [-0.2, -0.15) is 0 Å². The molecule has 1 aromatic rings. The van der Waals surface area contributed by atoms with Gasteiger partial charge in [0.15, 0.2) is 9.84 Å². The average molecular weight is 238 g/mol. The molecule has 0 N–H and O–H groups in total. The van der Waals surface area contributed by atoms with Crippen molar-refractivity contribution in [2.75, 3.05) is 6.26 Å². The molecule has 2 rings (SSSR count). The Labute approximate surface area is 95.4 Å². The van der Waals surface area contributed by atoms with E-state index in [1.165, 1.54) is 6.26 Å². The zero-order valence-corrected chi connectivity index (χ0v) is 10.1. The van der Waals surface area contributed by atoms with Gasteiger partial charge in [-0.05, 0) is 12.5 Å². The van der Waals surface area contributed by atoms with Crippen LogP contribution >= 0.6 is 0 Å². The predicted molar refractivity (Wildman–Crippen MR) is 62.1 cm³/mol. The molecule has 0 unspecified atom stereocenters. The summed E-state index contributed by atoms with van der Waals surface area (Å²) in [4.78, 5) is 10.8. The molecule has 1 fully saturated rings. The Morgan fingerprint density at radius 3 is 2.12 bits per heavy atom. The second-order valence-electron chi connectivity index (χ2n) is 4.44. The minimum Gasteiger partial charge on any atom is -0.303 e. The fourth-order valence-corrected chi connectivity index (χ4v) is 3.80. The number of rotatable bonds is 3. The summed E-state index contributed by atoms with van der Waals surface area (Å²) in [5, 5.41) is -0.521. The van der Waals surface area contributed by atoms with Crippen molar-refractivity contribution in [1.29, 1.82) is 0 Å². The van der Waals surface area contributed by atoms with E-state index < -0.39 is 15.1 Å². The summed E-state index contributed by atoms with van der Waals surface area (Å²) in [6.45, 7) is 1.97. The van der Waals surface area contributed by atoms with Crippen LogP contribution in [0.1, 0.15) is 17.0 Å². The molecule has 1 aliphatic rings. The van der Waals surface area contributed by atoms with E-state index in [0.717, 1.165) is 17.4 Å². The van der Waals surface area contributed by atoms with Gasteiger partial charge in [-0.1, -0.05) is 29.8 Å². The number of aldehydes is 1. The van der Waals surface area contributed by atoms with Crippen LogP contribution in [0, 0.1) is 12.8 Å². The third-order valence-corrected chi connectivity index (χ3v) is 4.72. The summed E-state index contributed by atoms with van der Waals surface area (Å²) in [5.41, 5.74) is 2.07. The Morgan fingerprint density at radius 2 is 1.75 bits per heavy atom. The second-order valence-corrected chi connectivity index (χ2v) is 6.65. The number of sulfone groups is 1. The largest absolute Gasteiger partial charge is 0.303 e. The number of hydrogen-bond acceptors (Lipinski definition) is 3. The van der Waals surface area contributed by atoms with Crippen molar-refractivity contribution in [2.24, 2.45) is 5.92 Å². The molecule has 0 spiro atoms. The van der Waals surface area contributed by atoms with Crippen molar-refractivity contribution in [1.82, 2.24) is 0 Å². The van der Waals surface area contributed by atoms with Crippen LogP contribution in [0.25, 0.3) is 0 Å². The third-order valence-electron chi connectivity index (χ3n) is 3.12. The highest BCUT2D eigenvalue weighted by atomic mass is 32.2. The van der Waals surface area contributed by atoms with Crippen molar-refractivity contribution < 1.29 is 13.2 Å². The van der Waals surface area contributed by atoms with Crippen molar-refractivity contribution in [3.05, 3.63) is 35.4 Å². The molecule has 1 aliphatic carbocycles. The van der Waals surface area contributed by atoms with Gasteiger partial charge in [0.2, 0.25) is 0 Å². The van der Waals surface area contributed by atoms with Crippen LogP contribution < -0.4 is 0 Å². The first kappa shape index (κ1) is 11.3. The van der Waals surface area contributed by atoms with Crippen LogP contribution in [0.5, 0.6) is 0 Å². The maximum atomic E-state index is 11.5. The smallest absolute Gasteiger partial charge is 0.151 e. The maximum absolute atomic E-state index is 11.5. The van der Waals surface area contributed by atoms with Crippen molar-refractivity contribution in [3.8, 4) is 0 Å². The van der Waals surface area contributed by atoms with Crippen molar-refractivity contribution in [2.45, 2.75) is 18.1 Å². The summed E-state index contributed by atoms with van der Waals surface area (Å²) in [6.07, 6.45) is 1.96. The summed E-state index contributed by atoms with van der Waals surface area (Å²) in [5.74, 6) is -0.509. The first-order chi connectivity index (χ1) is 7.45. The molecule has 0 aromatic heterocycles. The molecule has 0 amide bonds. The number of aryl methyl sites for hydroxylation is 1. The third kappa shape index (κ3) is 1.89. The number of carbonyl (C=O) groups is 1. The monoisotopic (exact) mass is 238 g/mol. The lowest BCUT2D eigenvalue weighted by atomic mass is 10.1. The van der Waals surface area contributed by atoms with Crippen LogP contribution in [0.4, 0.5) is 0 Å². The lowest BCUT2D eigenvalue weighted by molar-refractivity contribution is -0.108. The molecular formula is C12H14O3S. The molecule has 0 saturated heterocycles. The predicted octanol–water partition coefficient (Wildman–Crippen LogP) is 1.32. The first-order valence-electron chi connectivity index (χ1n) is 5.16. The van der Waals surface area contributed by atoms with Gasteiger partial charge >= 0.3 is 0 Å². The Kier molecular flexibility index (Phi) is 2.62. The zero-order valence-electron chi connectivity index (χ0n) is 9.25. The van der Waals surface area contributed by atoms with E-state index >= 15 is 0 Å². The average Bonchev–Trinajstić information content (AvgIpc) is 2.92. The van der Waals surface area contributed by atoms with Gasteiger partial charge in [0.1, 0.15) is 6.29 Å². The van der Waals surface area contributed by atoms with E-state index in [-0.39, 0.29) is 11.8 Å². The molecule has 0 radical (unpaired) electrons. The summed E-state index contributed by atoms with van der Waals surface area (Å²) in [7, 11) is -3.13. The van der Waals surface area contributed by atoms with Gasteiger partial charge in [-0.15, -0.1) is 0 Å². The van der Waals surface area contributed by atoms with Gasteiger partial charge < -0.3 is 4.79 Å². The Bertz CT molecular complexity index is 502. The summed E-state index contributed by atoms with van der Waals surface area (Å²) in [6, 6.07) is 7.69. The quantitative estimate of drug-likeness (QED) is 0.746. The zero-order chi connectivity index (χ0) is 11.9. The molecule has 3 nitrogen and oxygen atoms in total. The molecule has 1 aromatic carbocycles. The van der Waals surface area contributed by atoms with Gasteiger partial charge in [0.25, 0.3) is 0 Å². The molecular weight excluding hydrogens is 224 g/mol. The molecule has 1 saturated carbocycles. The van der Waals surface area contributed by atoms with E-state index in [1.54, 1.807) is 0 Å². The van der Waals surface area contributed by atoms with Gasteiger partial charge in [-0.3, -0.25) is 0 Å².